The van der Waals surface area contributed by atoms with Crippen molar-refractivity contribution >= 4 is 11.8 Å². The van der Waals surface area contributed by atoms with Gasteiger partial charge in [0, 0.05) is 58.4 Å². The molecule has 0 aliphatic carbocycles. The van der Waals surface area contributed by atoms with E-state index in [1.165, 1.54) is 6.42 Å². The molecule has 0 atom stereocenters. The van der Waals surface area contributed by atoms with E-state index in [4.69, 9.17) is 0 Å². The first-order chi connectivity index (χ1) is 13.5. The van der Waals surface area contributed by atoms with E-state index in [2.05, 4.69) is 26.6 Å². The molecule has 0 radical (unpaired) electrons. The molecular formula is C21H33N5O2. The Kier molecular flexibility index (Phi) is 5.43. The van der Waals surface area contributed by atoms with E-state index in [9.17, 15) is 9.59 Å². The van der Waals surface area contributed by atoms with Gasteiger partial charge < -0.3 is 14.4 Å². The van der Waals surface area contributed by atoms with Crippen molar-refractivity contribution in [3.05, 3.63) is 11.6 Å². The average molecular weight is 388 g/mol. The Hall–Kier alpha value is -1.92. The summed E-state index contributed by atoms with van der Waals surface area (Å²) in [4.78, 5) is 28.5. The molecule has 3 aliphatic heterocycles. The molecule has 7 nitrogen and oxygen atoms in total. The molecule has 0 N–H and O–H groups in total. The fourth-order valence-electron chi connectivity index (χ4n) is 5.33. The van der Waals surface area contributed by atoms with E-state index < -0.39 is 0 Å². The molecule has 3 aliphatic rings. The van der Waals surface area contributed by atoms with E-state index in [0.29, 0.717) is 11.3 Å². The number of hydrogen-bond acceptors (Lipinski definition) is 4. The van der Waals surface area contributed by atoms with Gasteiger partial charge in [-0.15, -0.1) is 10.2 Å². The molecule has 2 amide bonds. The molecule has 154 valence electrons. The van der Waals surface area contributed by atoms with Crippen LogP contribution in [0.1, 0.15) is 64.0 Å². The molecule has 4 rings (SSSR count). The van der Waals surface area contributed by atoms with E-state index in [1.54, 1.807) is 6.92 Å². The van der Waals surface area contributed by atoms with Crippen molar-refractivity contribution < 1.29 is 9.59 Å². The topological polar surface area (TPSA) is 71.3 Å². The van der Waals surface area contributed by atoms with Crippen molar-refractivity contribution in [2.45, 2.75) is 71.8 Å². The third kappa shape index (κ3) is 3.67. The lowest BCUT2D eigenvalue weighted by Gasteiger charge is -2.43. The number of fused-ring (bicyclic) bond motifs is 1. The number of likely N-dealkylation sites (tertiary alicyclic amines) is 2. The Morgan fingerprint density at radius 3 is 2.29 bits per heavy atom. The first-order valence-electron chi connectivity index (χ1n) is 11.0. The second-order valence-corrected chi connectivity index (χ2v) is 8.89. The fourth-order valence-corrected chi connectivity index (χ4v) is 5.33. The molecule has 0 aromatic carbocycles. The summed E-state index contributed by atoms with van der Waals surface area (Å²) >= 11 is 0. The van der Waals surface area contributed by atoms with Gasteiger partial charge in [-0.3, -0.25) is 9.59 Å². The highest BCUT2D eigenvalue weighted by Crippen LogP contribution is 2.42. The molecular weight excluding hydrogens is 354 g/mol. The Bertz CT molecular complexity index is 727. The predicted molar refractivity (Wildman–Crippen MR) is 106 cm³/mol. The highest BCUT2D eigenvalue weighted by molar-refractivity contribution is 5.79. The molecule has 0 unspecified atom stereocenters. The maximum absolute atomic E-state index is 13.0. The summed E-state index contributed by atoms with van der Waals surface area (Å²) in [5.41, 5.74) is 0.348. The molecule has 2 fully saturated rings. The summed E-state index contributed by atoms with van der Waals surface area (Å²) in [5, 5.41) is 8.74. The lowest BCUT2D eigenvalue weighted by atomic mass is 9.72. The largest absolute Gasteiger partial charge is 0.343 e. The van der Waals surface area contributed by atoms with E-state index in [0.717, 1.165) is 89.3 Å². The summed E-state index contributed by atoms with van der Waals surface area (Å²) in [5.74, 6) is 2.79. The van der Waals surface area contributed by atoms with Crippen molar-refractivity contribution in [1.82, 2.24) is 24.6 Å². The second-order valence-electron chi connectivity index (χ2n) is 8.89. The van der Waals surface area contributed by atoms with Crippen molar-refractivity contribution in [2.75, 3.05) is 26.2 Å². The van der Waals surface area contributed by atoms with E-state index >= 15 is 0 Å². The minimum absolute atomic E-state index is 0.0990. The predicted octanol–water partition coefficient (Wildman–Crippen LogP) is 2.04. The number of amides is 2. The number of aromatic nitrogens is 3. The number of carbonyl (C=O) groups is 2. The third-order valence-electron chi connectivity index (χ3n) is 7.39. The van der Waals surface area contributed by atoms with Crippen LogP contribution in [0.2, 0.25) is 0 Å². The van der Waals surface area contributed by atoms with Gasteiger partial charge in [0.25, 0.3) is 0 Å². The number of aryl methyl sites for hydroxylation is 2. The molecule has 2 saturated heterocycles. The zero-order chi connectivity index (χ0) is 19.7. The number of rotatable bonds is 2. The molecule has 7 heteroatoms. The standard InChI is InChI=1S/C21H33N5O2/c1-3-18-22-23-19-4-7-21(10-15-26(18)19)8-13-25(14-9-21)20(28)17-5-11-24(12-6-17)16(2)27/h17H,3-15H2,1-2H3. The highest BCUT2D eigenvalue weighted by atomic mass is 16.2. The van der Waals surface area contributed by atoms with Gasteiger partial charge in [0.1, 0.15) is 11.6 Å². The molecule has 1 aromatic heterocycles. The second kappa shape index (κ2) is 7.84. The number of carbonyl (C=O) groups excluding carboxylic acids is 2. The van der Waals surface area contributed by atoms with E-state index in [-0.39, 0.29) is 11.8 Å². The van der Waals surface area contributed by atoms with Gasteiger partial charge in [-0.1, -0.05) is 6.92 Å². The lowest BCUT2D eigenvalue weighted by Crippen LogP contribution is -2.48. The van der Waals surface area contributed by atoms with Crippen LogP contribution < -0.4 is 0 Å². The first-order valence-corrected chi connectivity index (χ1v) is 11.0. The SMILES string of the molecule is CCc1nnc2n1CCC1(CC2)CCN(C(=O)C2CCN(C(C)=O)CC2)CC1. The van der Waals surface area contributed by atoms with Crippen LogP contribution >= 0.6 is 0 Å². The van der Waals surface area contributed by atoms with Gasteiger partial charge in [-0.2, -0.15) is 0 Å². The summed E-state index contributed by atoms with van der Waals surface area (Å²) in [7, 11) is 0. The Morgan fingerprint density at radius 1 is 0.964 bits per heavy atom. The van der Waals surface area contributed by atoms with Gasteiger partial charge in [0.05, 0.1) is 0 Å². The van der Waals surface area contributed by atoms with Crippen molar-refractivity contribution in [3.63, 3.8) is 0 Å². The third-order valence-corrected chi connectivity index (χ3v) is 7.39. The van der Waals surface area contributed by atoms with Crippen LogP contribution in [0.3, 0.4) is 0 Å². The van der Waals surface area contributed by atoms with Crippen LogP contribution in [0.25, 0.3) is 0 Å². The molecule has 0 saturated carbocycles. The van der Waals surface area contributed by atoms with Gasteiger partial charge in [-0.25, -0.2) is 0 Å². The number of hydrogen-bond donors (Lipinski definition) is 0. The van der Waals surface area contributed by atoms with Crippen molar-refractivity contribution in [2.24, 2.45) is 11.3 Å². The highest BCUT2D eigenvalue weighted by Gasteiger charge is 2.39. The van der Waals surface area contributed by atoms with Gasteiger partial charge in [0.2, 0.25) is 11.8 Å². The van der Waals surface area contributed by atoms with Crippen molar-refractivity contribution in [1.29, 1.82) is 0 Å². The summed E-state index contributed by atoms with van der Waals surface area (Å²) in [6.07, 6.45) is 8.10. The van der Waals surface area contributed by atoms with Crippen LogP contribution in [0.4, 0.5) is 0 Å². The van der Waals surface area contributed by atoms with Gasteiger partial charge in [0.15, 0.2) is 0 Å². The maximum Gasteiger partial charge on any atom is 0.225 e. The number of nitrogens with zero attached hydrogens (tertiary/aromatic N) is 5. The maximum atomic E-state index is 13.0. The summed E-state index contributed by atoms with van der Waals surface area (Å²) in [6.45, 7) is 7.99. The van der Waals surface area contributed by atoms with Gasteiger partial charge in [-0.05, 0) is 43.9 Å². The minimum Gasteiger partial charge on any atom is -0.343 e. The normalized spacial score (nSPS) is 22.8. The summed E-state index contributed by atoms with van der Waals surface area (Å²) < 4.78 is 2.33. The zero-order valence-corrected chi connectivity index (χ0v) is 17.3. The Morgan fingerprint density at radius 2 is 1.64 bits per heavy atom. The van der Waals surface area contributed by atoms with Crippen LogP contribution in [-0.4, -0.2) is 62.6 Å². The van der Waals surface area contributed by atoms with Crippen LogP contribution in [0, 0.1) is 11.3 Å². The first kappa shape index (κ1) is 19.4. The zero-order valence-electron chi connectivity index (χ0n) is 17.3. The van der Waals surface area contributed by atoms with Crippen LogP contribution in [0.15, 0.2) is 0 Å². The molecule has 28 heavy (non-hydrogen) atoms. The fraction of sp³-hybridized carbons (Fsp3) is 0.810. The molecule has 4 heterocycles. The minimum atomic E-state index is 0.0990. The smallest absolute Gasteiger partial charge is 0.225 e. The van der Waals surface area contributed by atoms with Gasteiger partial charge >= 0.3 is 0 Å². The molecule has 1 aromatic rings. The molecule has 1 spiro atoms. The summed E-state index contributed by atoms with van der Waals surface area (Å²) in [6, 6.07) is 0. The van der Waals surface area contributed by atoms with Crippen LogP contribution in [-0.2, 0) is 29.0 Å². The monoisotopic (exact) mass is 387 g/mol. The van der Waals surface area contributed by atoms with E-state index in [1.807, 2.05) is 4.90 Å². The number of piperidine rings is 2. The Labute approximate surface area is 167 Å². The van der Waals surface area contributed by atoms with Crippen molar-refractivity contribution in [3.8, 4) is 0 Å². The average Bonchev–Trinajstić information content (AvgIpc) is 3.04. The lowest BCUT2D eigenvalue weighted by molar-refractivity contribution is -0.142. The van der Waals surface area contributed by atoms with Crippen LogP contribution in [0.5, 0.6) is 0 Å². The Balaban J connectivity index is 1.32. The quantitative estimate of drug-likeness (QED) is 0.779. The molecule has 0 bridgehead atoms.